The van der Waals surface area contributed by atoms with Crippen LogP contribution in [0.25, 0.3) is 6.08 Å². The van der Waals surface area contributed by atoms with Gasteiger partial charge in [0.25, 0.3) is 17.7 Å². The van der Waals surface area contributed by atoms with Gasteiger partial charge >= 0.3 is 6.03 Å². The van der Waals surface area contributed by atoms with E-state index in [1.165, 1.54) is 30.3 Å². The Bertz CT molecular complexity index is 1410. The van der Waals surface area contributed by atoms with Crippen molar-refractivity contribution in [2.24, 2.45) is 0 Å². The van der Waals surface area contributed by atoms with Crippen molar-refractivity contribution in [2.45, 2.75) is 0 Å². The lowest BCUT2D eigenvalue weighted by Crippen LogP contribution is -2.54. The lowest BCUT2D eigenvalue weighted by atomic mass is 10.1. The molecule has 3 aromatic carbocycles. The Hall–Kier alpha value is -4.15. The molecule has 1 aliphatic heterocycles. The molecule has 1 heterocycles. The Morgan fingerprint density at radius 3 is 2.50 bits per heavy atom. The molecule has 4 rings (SSSR count). The van der Waals surface area contributed by atoms with Crippen LogP contribution in [0.2, 0.25) is 5.02 Å². The minimum Gasteiger partial charge on any atom is -0.508 e. The average molecular weight is 571 g/mol. The molecule has 0 bridgehead atoms. The van der Waals surface area contributed by atoms with Gasteiger partial charge in [-0.3, -0.25) is 19.7 Å². The number of anilines is 2. The molecule has 9 nitrogen and oxygen atoms in total. The van der Waals surface area contributed by atoms with Crippen molar-refractivity contribution < 1.29 is 29.0 Å². The quantitative estimate of drug-likeness (QED) is 0.296. The highest BCUT2D eigenvalue weighted by Crippen LogP contribution is 2.29. The monoisotopic (exact) mass is 569 g/mol. The second-order valence-corrected chi connectivity index (χ2v) is 8.74. The Kier molecular flexibility index (Phi) is 7.37. The number of carbonyl (C=O) groups is 4. The maximum atomic E-state index is 13.0. The van der Waals surface area contributed by atoms with Crippen LogP contribution in [-0.2, 0) is 14.4 Å². The molecule has 3 N–H and O–H groups in total. The van der Waals surface area contributed by atoms with Crippen LogP contribution in [-0.4, -0.2) is 35.5 Å². The van der Waals surface area contributed by atoms with Crippen LogP contribution >= 0.6 is 27.5 Å². The zero-order valence-electron chi connectivity index (χ0n) is 18.3. The molecule has 36 heavy (non-hydrogen) atoms. The Morgan fingerprint density at radius 2 is 1.81 bits per heavy atom. The highest BCUT2D eigenvalue weighted by atomic mass is 79.9. The molecule has 1 fully saturated rings. The molecule has 11 heteroatoms. The Morgan fingerprint density at radius 1 is 1.08 bits per heavy atom. The molecule has 0 radical (unpaired) electrons. The lowest BCUT2D eigenvalue weighted by Gasteiger charge is -2.26. The first kappa shape index (κ1) is 25.0. The molecular formula is C25H17BrClN3O6. The molecule has 0 spiro atoms. The summed E-state index contributed by atoms with van der Waals surface area (Å²) in [5, 5.41) is 14.6. The van der Waals surface area contributed by atoms with Gasteiger partial charge in [0, 0.05) is 0 Å². The topological polar surface area (TPSA) is 125 Å². The highest BCUT2D eigenvalue weighted by Gasteiger charge is 2.36. The summed E-state index contributed by atoms with van der Waals surface area (Å²) in [6.45, 7) is -0.283. The van der Waals surface area contributed by atoms with Gasteiger partial charge in [-0.05, 0) is 76.1 Å². The first-order valence-corrected chi connectivity index (χ1v) is 11.6. The number of imide groups is 2. The number of benzene rings is 3. The van der Waals surface area contributed by atoms with E-state index in [2.05, 4.69) is 26.6 Å². The minimum absolute atomic E-state index is 0.0380. The van der Waals surface area contributed by atoms with Crippen LogP contribution in [0.3, 0.4) is 0 Å². The summed E-state index contributed by atoms with van der Waals surface area (Å²) in [5.41, 5.74) is 0.855. The first-order valence-electron chi connectivity index (χ1n) is 10.4. The van der Waals surface area contributed by atoms with Crippen LogP contribution in [0.4, 0.5) is 16.2 Å². The smallest absolute Gasteiger partial charge is 0.335 e. The van der Waals surface area contributed by atoms with E-state index in [9.17, 15) is 24.3 Å². The van der Waals surface area contributed by atoms with Crippen molar-refractivity contribution in [3.63, 3.8) is 0 Å². The number of urea groups is 1. The number of para-hydroxylation sites is 1. The van der Waals surface area contributed by atoms with E-state index in [4.69, 9.17) is 16.3 Å². The fourth-order valence-corrected chi connectivity index (χ4v) is 3.97. The average Bonchev–Trinajstić information content (AvgIpc) is 2.84. The fraction of sp³-hybridized carbons (Fsp3) is 0.0400. The molecule has 0 aliphatic carbocycles. The third-order valence-corrected chi connectivity index (χ3v) is 5.93. The molecule has 5 amide bonds. The molecule has 1 saturated heterocycles. The standard InChI is InChI=1S/C25H17BrClN3O6/c26-18-12-14(5-10-21(18)36-13-22(32)28-20-4-2-1-3-19(20)27)11-17-23(33)29-25(35)30(24(17)34)15-6-8-16(31)9-7-15/h1-12,31H,13H2,(H,28,32)(H,29,33,35)/b17-11-. The van der Waals surface area contributed by atoms with E-state index >= 15 is 0 Å². The molecule has 3 aromatic rings. The van der Waals surface area contributed by atoms with Crippen LogP contribution in [0.1, 0.15) is 5.56 Å². The number of carbonyl (C=O) groups excluding carboxylic acids is 4. The van der Waals surface area contributed by atoms with Crippen molar-refractivity contribution in [1.82, 2.24) is 5.32 Å². The van der Waals surface area contributed by atoms with E-state index in [1.807, 2.05) is 0 Å². The first-order chi connectivity index (χ1) is 17.2. The normalized spacial score (nSPS) is 14.6. The number of hydrogen-bond donors (Lipinski definition) is 3. The van der Waals surface area contributed by atoms with Crippen molar-refractivity contribution in [3.05, 3.63) is 87.4 Å². The van der Waals surface area contributed by atoms with Gasteiger partial charge in [0.05, 0.1) is 20.9 Å². The van der Waals surface area contributed by atoms with E-state index < -0.39 is 23.8 Å². The summed E-state index contributed by atoms with van der Waals surface area (Å²) in [5.74, 6) is -1.75. The van der Waals surface area contributed by atoms with E-state index in [0.717, 1.165) is 4.90 Å². The number of amides is 5. The van der Waals surface area contributed by atoms with Crippen LogP contribution < -0.4 is 20.3 Å². The maximum absolute atomic E-state index is 13.0. The second kappa shape index (κ2) is 10.6. The second-order valence-electron chi connectivity index (χ2n) is 7.48. The van der Waals surface area contributed by atoms with E-state index in [0.29, 0.717) is 26.5 Å². The number of aromatic hydroxyl groups is 1. The summed E-state index contributed by atoms with van der Waals surface area (Å²) >= 11 is 9.39. The van der Waals surface area contributed by atoms with Gasteiger partial charge in [0.1, 0.15) is 17.1 Å². The zero-order valence-corrected chi connectivity index (χ0v) is 20.7. The van der Waals surface area contributed by atoms with Gasteiger partial charge in [-0.2, -0.15) is 0 Å². The third kappa shape index (κ3) is 5.56. The molecule has 1 aliphatic rings. The number of phenolic OH excluding ortho intramolecular Hbond substituents is 1. The number of ether oxygens (including phenoxy) is 1. The summed E-state index contributed by atoms with van der Waals surface area (Å²) < 4.78 is 6.02. The number of phenols is 1. The number of barbiturate groups is 1. The minimum atomic E-state index is -0.896. The van der Waals surface area contributed by atoms with Crippen LogP contribution in [0.15, 0.2) is 76.8 Å². The summed E-state index contributed by atoms with van der Waals surface area (Å²) in [6, 6.07) is 16.0. The van der Waals surface area contributed by atoms with Crippen molar-refractivity contribution in [2.75, 3.05) is 16.8 Å². The number of rotatable bonds is 6. The van der Waals surface area contributed by atoms with Gasteiger partial charge in [-0.25, -0.2) is 9.69 Å². The number of halogens is 2. The molecular weight excluding hydrogens is 554 g/mol. The van der Waals surface area contributed by atoms with E-state index in [1.54, 1.807) is 42.5 Å². The van der Waals surface area contributed by atoms with Crippen molar-refractivity contribution in [1.29, 1.82) is 0 Å². The highest BCUT2D eigenvalue weighted by molar-refractivity contribution is 9.10. The third-order valence-electron chi connectivity index (χ3n) is 4.98. The van der Waals surface area contributed by atoms with Crippen LogP contribution in [0.5, 0.6) is 11.5 Å². The SMILES string of the molecule is O=C(COc1ccc(/C=C2/C(=O)NC(=O)N(c3ccc(O)cc3)C2=O)cc1Br)Nc1ccccc1Cl. The number of nitrogens with one attached hydrogen (secondary N) is 2. The van der Waals surface area contributed by atoms with Gasteiger partial charge in [-0.15, -0.1) is 0 Å². The molecule has 0 unspecified atom stereocenters. The molecule has 0 aromatic heterocycles. The van der Waals surface area contributed by atoms with E-state index in [-0.39, 0.29) is 23.6 Å². The van der Waals surface area contributed by atoms with Gasteiger partial charge in [0.15, 0.2) is 6.61 Å². The maximum Gasteiger partial charge on any atom is 0.335 e. The number of nitrogens with zero attached hydrogens (tertiary/aromatic N) is 1. The summed E-state index contributed by atoms with van der Waals surface area (Å²) in [4.78, 5) is 50.6. The van der Waals surface area contributed by atoms with Crippen molar-refractivity contribution >= 4 is 68.7 Å². The van der Waals surface area contributed by atoms with Gasteiger partial charge in [0.2, 0.25) is 0 Å². The van der Waals surface area contributed by atoms with Gasteiger partial charge < -0.3 is 15.2 Å². The summed E-state index contributed by atoms with van der Waals surface area (Å²) in [6.07, 6.45) is 1.33. The molecule has 0 atom stereocenters. The Balaban J connectivity index is 1.48. The largest absolute Gasteiger partial charge is 0.508 e. The van der Waals surface area contributed by atoms with Crippen LogP contribution in [0, 0.1) is 0 Å². The predicted octanol–water partition coefficient (Wildman–Crippen LogP) is 4.49. The summed E-state index contributed by atoms with van der Waals surface area (Å²) in [7, 11) is 0. The fourth-order valence-electron chi connectivity index (χ4n) is 3.28. The van der Waals surface area contributed by atoms with Crippen molar-refractivity contribution in [3.8, 4) is 11.5 Å². The number of hydrogen-bond acceptors (Lipinski definition) is 6. The Labute approximate surface area is 218 Å². The predicted molar refractivity (Wildman–Crippen MR) is 137 cm³/mol. The zero-order chi connectivity index (χ0) is 25.8. The van der Waals surface area contributed by atoms with Gasteiger partial charge in [-0.1, -0.05) is 29.8 Å². The lowest BCUT2D eigenvalue weighted by molar-refractivity contribution is -0.122. The molecule has 0 saturated carbocycles. The molecule has 182 valence electrons.